The Bertz CT molecular complexity index is 996. The van der Waals surface area contributed by atoms with E-state index in [1.165, 1.54) is 0 Å². The van der Waals surface area contributed by atoms with Crippen molar-refractivity contribution in [3.63, 3.8) is 0 Å². The number of thiocarbonyl (C=S) groups is 1. The van der Waals surface area contributed by atoms with Gasteiger partial charge in [-0.3, -0.25) is 19.4 Å². The topological polar surface area (TPSA) is 74.4 Å². The zero-order chi connectivity index (χ0) is 23.9. The Morgan fingerprint density at radius 3 is 2.47 bits per heavy atom. The molecule has 8 nitrogen and oxygen atoms in total. The molecule has 0 saturated carbocycles. The molecule has 1 N–H and O–H groups in total. The number of morpholine rings is 1. The molecule has 2 saturated heterocycles. The molecular weight excluding hydrogens is 452 g/mol. The van der Waals surface area contributed by atoms with Crippen molar-refractivity contribution in [3.05, 3.63) is 54.6 Å². The van der Waals surface area contributed by atoms with E-state index in [0.717, 1.165) is 25.4 Å². The van der Waals surface area contributed by atoms with Crippen LogP contribution in [-0.4, -0.2) is 78.8 Å². The van der Waals surface area contributed by atoms with Gasteiger partial charge in [-0.05, 0) is 55.5 Å². The van der Waals surface area contributed by atoms with Crippen LogP contribution in [-0.2, 0) is 14.3 Å². The fourth-order valence-electron chi connectivity index (χ4n) is 4.16. The predicted octanol–water partition coefficient (Wildman–Crippen LogP) is 2.75. The molecule has 2 fully saturated rings. The first-order valence-corrected chi connectivity index (χ1v) is 12.0. The van der Waals surface area contributed by atoms with Crippen molar-refractivity contribution in [2.45, 2.75) is 19.4 Å². The van der Waals surface area contributed by atoms with Crippen LogP contribution < -0.4 is 15.0 Å². The molecule has 0 bridgehead atoms. The molecule has 0 spiro atoms. The van der Waals surface area contributed by atoms with Crippen molar-refractivity contribution in [3.8, 4) is 5.75 Å². The molecule has 1 atom stereocenters. The molecule has 34 heavy (non-hydrogen) atoms. The fraction of sp³-hybridized carbons (Fsp3) is 0.400. The number of nitrogens with zero attached hydrogens (tertiary/aromatic N) is 3. The monoisotopic (exact) mass is 482 g/mol. The average molecular weight is 483 g/mol. The van der Waals surface area contributed by atoms with Crippen molar-refractivity contribution in [2.24, 2.45) is 0 Å². The van der Waals surface area contributed by atoms with Crippen molar-refractivity contribution >= 4 is 40.5 Å². The highest BCUT2D eigenvalue weighted by Crippen LogP contribution is 2.27. The van der Waals surface area contributed by atoms with Crippen LogP contribution in [0, 0.1) is 0 Å². The zero-order valence-electron chi connectivity index (χ0n) is 19.3. The molecule has 2 aliphatic rings. The van der Waals surface area contributed by atoms with Gasteiger partial charge in [0.15, 0.2) is 5.11 Å². The molecule has 4 rings (SSSR count). The van der Waals surface area contributed by atoms with Gasteiger partial charge in [0, 0.05) is 31.9 Å². The lowest BCUT2D eigenvalue weighted by molar-refractivity contribution is -0.124. The van der Waals surface area contributed by atoms with Crippen molar-refractivity contribution in [2.75, 3.05) is 56.2 Å². The standard InChI is InChI=1S/C25H30N4O4S/c1-2-33-21-10-8-19(9-11-21)26-23(30)18-22-24(31)29(20-6-4-3-5-7-20)25(34)28(22)13-12-27-14-16-32-17-15-27/h3-11,22H,2,12-18H2,1H3,(H,26,30). The number of rotatable bonds is 9. The third-order valence-electron chi connectivity index (χ3n) is 5.92. The van der Waals surface area contributed by atoms with Crippen LogP contribution in [0.5, 0.6) is 5.75 Å². The molecule has 2 aliphatic heterocycles. The van der Waals surface area contributed by atoms with Crippen LogP contribution in [0.15, 0.2) is 54.6 Å². The molecule has 0 aromatic heterocycles. The van der Waals surface area contributed by atoms with Gasteiger partial charge in [-0.2, -0.15) is 0 Å². The number of para-hydroxylation sites is 1. The van der Waals surface area contributed by atoms with Gasteiger partial charge in [-0.25, -0.2) is 0 Å². The van der Waals surface area contributed by atoms with E-state index >= 15 is 0 Å². The lowest BCUT2D eigenvalue weighted by Crippen LogP contribution is -2.45. The lowest BCUT2D eigenvalue weighted by Gasteiger charge is -2.30. The smallest absolute Gasteiger partial charge is 0.256 e. The van der Waals surface area contributed by atoms with Gasteiger partial charge in [-0.1, -0.05) is 18.2 Å². The fourth-order valence-corrected chi connectivity index (χ4v) is 4.58. The van der Waals surface area contributed by atoms with E-state index in [1.807, 2.05) is 42.2 Å². The first-order chi connectivity index (χ1) is 16.6. The van der Waals surface area contributed by atoms with E-state index in [-0.39, 0.29) is 18.2 Å². The van der Waals surface area contributed by atoms with E-state index in [1.54, 1.807) is 29.2 Å². The third kappa shape index (κ3) is 5.72. The first-order valence-electron chi connectivity index (χ1n) is 11.6. The summed E-state index contributed by atoms with van der Waals surface area (Å²) in [7, 11) is 0. The number of hydrogen-bond donors (Lipinski definition) is 1. The Morgan fingerprint density at radius 1 is 1.09 bits per heavy atom. The summed E-state index contributed by atoms with van der Waals surface area (Å²) in [5.41, 5.74) is 1.37. The summed E-state index contributed by atoms with van der Waals surface area (Å²) in [4.78, 5) is 32.1. The maximum Gasteiger partial charge on any atom is 0.256 e. The summed E-state index contributed by atoms with van der Waals surface area (Å²) in [5.74, 6) is 0.321. The minimum Gasteiger partial charge on any atom is -0.494 e. The van der Waals surface area contributed by atoms with Crippen molar-refractivity contribution in [1.29, 1.82) is 0 Å². The van der Waals surface area contributed by atoms with E-state index in [2.05, 4.69) is 10.2 Å². The Hall–Kier alpha value is -3.01. The van der Waals surface area contributed by atoms with Gasteiger partial charge in [0.25, 0.3) is 5.91 Å². The normalized spacial score (nSPS) is 18.9. The van der Waals surface area contributed by atoms with Gasteiger partial charge in [-0.15, -0.1) is 0 Å². The Balaban J connectivity index is 1.47. The summed E-state index contributed by atoms with van der Waals surface area (Å²) in [6.07, 6.45) is 0.0125. The second-order valence-corrected chi connectivity index (χ2v) is 8.53. The molecule has 9 heteroatoms. The van der Waals surface area contributed by atoms with Crippen molar-refractivity contribution < 1.29 is 19.1 Å². The summed E-state index contributed by atoms with van der Waals surface area (Å²) in [6, 6.07) is 15.9. The van der Waals surface area contributed by atoms with E-state index in [4.69, 9.17) is 21.7 Å². The highest BCUT2D eigenvalue weighted by molar-refractivity contribution is 7.80. The molecule has 180 valence electrons. The van der Waals surface area contributed by atoms with Crippen LogP contribution in [0.25, 0.3) is 0 Å². The lowest BCUT2D eigenvalue weighted by atomic mass is 10.1. The van der Waals surface area contributed by atoms with Gasteiger partial charge >= 0.3 is 0 Å². The Kier molecular flexibility index (Phi) is 8.10. The first kappa shape index (κ1) is 24.1. The average Bonchev–Trinajstić information content (AvgIpc) is 3.09. The van der Waals surface area contributed by atoms with Gasteiger partial charge in [0.1, 0.15) is 11.8 Å². The molecule has 2 aromatic carbocycles. The van der Waals surface area contributed by atoms with Crippen LogP contribution in [0.2, 0.25) is 0 Å². The second kappa shape index (κ2) is 11.4. The number of ether oxygens (including phenoxy) is 2. The largest absolute Gasteiger partial charge is 0.494 e. The number of hydrogen-bond acceptors (Lipinski definition) is 6. The summed E-state index contributed by atoms with van der Waals surface area (Å²) in [6.45, 7) is 6.90. The summed E-state index contributed by atoms with van der Waals surface area (Å²) < 4.78 is 10.9. The molecule has 2 amide bonds. The third-order valence-corrected chi connectivity index (χ3v) is 6.34. The maximum absolute atomic E-state index is 13.4. The molecule has 2 aromatic rings. The Morgan fingerprint density at radius 2 is 1.79 bits per heavy atom. The highest BCUT2D eigenvalue weighted by atomic mass is 32.1. The van der Waals surface area contributed by atoms with Gasteiger partial charge in [0.05, 0.1) is 31.9 Å². The number of nitrogens with one attached hydrogen (secondary N) is 1. The second-order valence-electron chi connectivity index (χ2n) is 8.16. The van der Waals surface area contributed by atoms with E-state index < -0.39 is 6.04 Å². The zero-order valence-corrected chi connectivity index (χ0v) is 20.1. The predicted molar refractivity (Wildman–Crippen MR) is 135 cm³/mol. The molecule has 2 heterocycles. The van der Waals surface area contributed by atoms with Crippen LogP contribution in [0.4, 0.5) is 11.4 Å². The number of benzene rings is 2. The number of amides is 2. The van der Waals surface area contributed by atoms with Crippen LogP contribution >= 0.6 is 12.2 Å². The maximum atomic E-state index is 13.4. The highest BCUT2D eigenvalue weighted by Gasteiger charge is 2.44. The Labute approximate surface area is 205 Å². The molecular formula is C25H30N4O4S. The molecule has 1 unspecified atom stereocenters. The van der Waals surface area contributed by atoms with Crippen LogP contribution in [0.1, 0.15) is 13.3 Å². The van der Waals surface area contributed by atoms with Crippen molar-refractivity contribution in [1.82, 2.24) is 9.80 Å². The number of anilines is 2. The quantitative estimate of drug-likeness (QED) is 0.551. The van der Waals surface area contributed by atoms with E-state index in [9.17, 15) is 9.59 Å². The van der Waals surface area contributed by atoms with E-state index in [0.29, 0.717) is 42.9 Å². The van der Waals surface area contributed by atoms with Crippen LogP contribution in [0.3, 0.4) is 0 Å². The van der Waals surface area contributed by atoms with Gasteiger partial charge in [0.2, 0.25) is 5.91 Å². The number of carbonyl (C=O) groups is 2. The van der Waals surface area contributed by atoms with Gasteiger partial charge < -0.3 is 19.7 Å². The SMILES string of the molecule is CCOc1ccc(NC(=O)CC2C(=O)N(c3ccccc3)C(=S)N2CCN2CCOCC2)cc1. The number of carbonyl (C=O) groups excluding carboxylic acids is 2. The molecule has 0 aliphatic carbocycles. The summed E-state index contributed by atoms with van der Waals surface area (Å²) in [5, 5.41) is 3.33. The summed E-state index contributed by atoms with van der Waals surface area (Å²) >= 11 is 5.73. The molecule has 0 radical (unpaired) electrons. The minimum absolute atomic E-state index is 0.0125. The minimum atomic E-state index is -0.656.